The van der Waals surface area contributed by atoms with Gasteiger partial charge in [-0.05, 0) is 38.1 Å². The Labute approximate surface area is 147 Å². The normalized spacial score (nSPS) is 11.2. The van der Waals surface area contributed by atoms with Crippen LogP contribution in [-0.4, -0.2) is 34.1 Å². The van der Waals surface area contributed by atoms with Crippen LogP contribution in [0.4, 0.5) is 0 Å². The van der Waals surface area contributed by atoms with Crippen LogP contribution in [0.25, 0.3) is 5.69 Å². The molecular weight excluding hydrogens is 395 g/mol. The molecule has 1 aromatic heterocycles. The molecule has 1 heterocycles. The molecule has 0 unspecified atom stereocenters. The minimum Gasteiger partial charge on any atom is -0.497 e. The summed E-state index contributed by atoms with van der Waals surface area (Å²) in [5.41, 5.74) is 7.40. The molecule has 2 rings (SSSR count). The van der Waals surface area contributed by atoms with Gasteiger partial charge in [0.15, 0.2) is 5.96 Å². The molecule has 0 radical (unpaired) electrons. The first-order valence-corrected chi connectivity index (χ1v) is 6.70. The predicted octanol–water partition coefficient (Wildman–Crippen LogP) is 1.71. The molecule has 3 N–H and O–H groups in total. The lowest BCUT2D eigenvalue weighted by molar-refractivity contribution is 0.414. The van der Waals surface area contributed by atoms with Gasteiger partial charge in [0, 0.05) is 6.04 Å². The van der Waals surface area contributed by atoms with E-state index >= 15 is 0 Å². The molecule has 7 nitrogen and oxygen atoms in total. The highest BCUT2D eigenvalue weighted by Crippen LogP contribution is 2.14. The first-order chi connectivity index (χ1) is 10.1. The summed E-state index contributed by atoms with van der Waals surface area (Å²) in [4.78, 5) is 4.22. The quantitative estimate of drug-likeness (QED) is 0.440. The minimum absolute atomic E-state index is 0. The third-order valence-corrected chi connectivity index (χ3v) is 2.73. The molecule has 8 heteroatoms. The van der Waals surface area contributed by atoms with Crippen molar-refractivity contribution in [2.75, 3.05) is 7.11 Å². The number of methoxy groups -OCH3 is 1. The van der Waals surface area contributed by atoms with E-state index < -0.39 is 0 Å². The van der Waals surface area contributed by atoms with Gasteiger partial charge >= 0.3 is 0 Å². The maximum atomic E-state index is 5.74. The molecule has 0 bridgehead atoms. The fraction of sp³-hybridized carbons (Fsp3) is 0.357. The number of benzene rings is 1. The molecule has 0 fully saturated rings. The van der Waals surface area contributed by atoms with Crippen molar-refractivity contribution in [3.8, 4) is 11.4 Å². The van der Waals surface area contributed by atoms with Gasteiger partial charge in [0.25, 0.3) is 0 Å². The summed E-state index contributed by atoms with van der Waals surface area (Å²) in [5, 5.41) is 11.2. The molecule has 120 valence electrons. The van der Waals surface area contributed by atoms with Crippen molar-refractivity contribution in [2.24, 2.45) is 10.7 Å². The van der Waals surface area contributed by atoms with E-state index in [0.717, 1.165) is 17.1 Å². The van der Waals surface area contributed by atoms with E-state index in [2.05, 4.69) is 20.6 Å². The van der Waals surface area contributed by atoms with E-state index in [0.29, 0.717) is 12.5 Å². The summed E-state index contributed by atoms with van der Waals surface area (Å²) in [5.74, 6) is 1.21. The van der Waals surface area contributed by atoms with E-state index in [1.54, 1.807) is 11.8 Å². The lowest BCUT2D eigenvalue weighted by atomic mass is 10.3. The molecule has 0 aliphatic heterocycles. The second-order valence-corrected chi connectivity index (χ2v) is 4.85. The molecule has 22 heavy (non-hydrogen) atoms. The fourth-order valence-electron chi connectivity index (χ4n) is 1.74. The van der Waals surface area contributed by atoms with Gasteiger partial charge in [0.2, 0.25) is 0 Å². The second kappa shape index (κ2) is 8.57. The third kappa shape index (κ3) is 5.17. The summed E-state index contributed by atoms with van der Waals surface area (Å²) in [7, 11) is 1.64. The summed E-state index contributed by atoms with van der Waals surface area (Å²) in [6.45, 7) is 4.40. The fourth-order valence-corrected chi connectivity index (χ4v) is 1.74. The highest BCUT2D eigenvalue weighted by atomic mass is 127. The zero-order chi connectivity index (χ0) is 15.2. The average molecular weight is 416 g/mol. The number of ether oxygens (including phenoxy) is 1. The lowest BCUT2D eigenvalue weighted by Crippen LogP contribution is -2.36. The van der Waals surface area contributed by atoms with Crippen LogP contribution in [-0.2, 0) is 6.54 Å². The van der Waals surface area contributed by atoms with Gasteiger partial charge in [-0.1, -0.05) is 5.21 Å². The number of halogens is 1. The molecule has 0 aliphatic carbocycles. The highest BCUT2D eigenvalue weighted by molar-refractivity contribution is 14.0. The first kappa shape index (κ1) is 18.2. The Morgan fingerprint density at radius 1 is 1.36 bits per heavy atom. The Morgan fingerprint density at radius 3 is 2.64 bits per heavy atom. The van der Waals surface area contributed by atoms with Crippen molar-refractivity contribution in [3.05, 3.63) is 36.2 Å². The van der Waals surface area contributed by atoms with E-state index in [1.807, 2.05) is 44.3 Å². The zero-order valence-corrected chi connectivity index (χ0v) is 15.2. The number of rotatable bonds is 5. The Kier molecular flexibility index (Phi) is 7.09. The largest absolute Gasteiger partial charge is 0.497 e. The Morgan fingerprint density at radius 2 is 2.05 bits per heavy atom. The van der Waals surface area contributed by atoms with Gasteiger partial charge in [-0.3, -0.25) is 0 Å². The summed E-state index contributed by atoms with van der Waals surface area (Å²) in [6, 6.07) is 7.83. The predicted molar refractivity (Wildman–Crippen MR) is 96.9 cm³/mol. The molecule has 2 aromatic rings. The second-order valence-electron chi connectivity index (χ2n) is 4.85. The molecule has 1 aromatic carbocycles. The number of hydrogen-bond donors (Lipinski definition) is 2. The molecule has 0 saturated carbocycles. The Hall–Kier alpha value is -1.84. The van der Waals surface area contributed by atoms with Crippen molar-refractivity contribution >= 4 is 29.9 Å². The van der Waals surface area contributed by atoms with Crippen LogP contribution in [0.1, 0.15) is 19.5 Å². The monoisotopic (exact) mass is 416 g/mol. The number of guanidine groups is 1. The van der Waals surface area contributed by atoms with Gasteiger partial charge in [-0.25, -0.2) is 9.67 Å². The number of hydrogen-bond acceptors (Lipinski definition) is 4. The van der Waals surface area contributed by atoms with Crippen molar-refractivity contribution < 1.29 is 4.74 Å². The number of nitrogens with zero attached hydrogens (tertiary/aromatic N) is 4. The summed E-state index contributed by atoms with van der Waals surface area (Å²) in [6.07, 6.45) is 1.83. The Bertz CT molecular complexity index is 608. The minimum atomic E-state index is 0. The average Bonchev–Trinajstić information content (AvgIpc) is 2.93. The van der Waals surface area contributed by atoms with Crippen LogP contribution in [0.3, 0.4) is 0 Å². The number of aromatic nitrogens is 3. The summed E-state index contributed by atoms with van der Waals surface area (Å²) >= 11 is 0. The van der Waals surface area contributed by atoms with Gasteiger partial charge in [0.05, 0.1) is 25.5 Å². The van der Waals surface area contributed by atoms with Crippen LogP contribution in [0, 0.1) is 0 Å². The molecule has 0 amide bonds. The molecular formula is C14H21IN6O. The van der Waals surface area contributed by atoms with Crippen molar-refractivity contribution in [2.45, 2.75) is 26.4 Å². The van der Waals surface area contributed by atoms with Crippen LogP contribution in [0.2, 0.25) is 0 Å². The van der Waals surface area contributed by atoms with Gasteiger partial charge in [-0.15, -0.1) is 29.1 Å². The SMILES string of the molecule is COc1ccc(-n2cc(CN=C(N)NC(C)C)nn2)cc1.I. The lowest BCUT2D eigenvalue weighted by Gasteiger charge is -2.07. The van der Waals surface area contributed by atoms with Crippen LogP contribution >= 0.6 is 24.0 Å². The number of nitrogens with two attached hydrogens (primary N) is 1. The molecule has 0 spiro atoms. The smallest absolute Gasteiger partial charge is 0.189 e. The van der Waals surface area contributed by atoms with Crippen LogP contribution in [0.5, 0.6) is 5.75 Å². The molecule has 0 atom stereocenters. The zero-order valence-electron chi connectivity index (χ0n) is 12.9. The maximum Gasteiger partial charge on any atom is 0.189 e. The topological polar surface area (TPSA) is 90.3 Å². The first-order valence-electron chi connectivity index (χ1n) is 6.70. The van der Waals surface area contributed by atoms with E-state index in [4.69, 9.17) is 10.5 Å². The third-order valence-electron chi connectivity index (χ3n) is 2.73. The van der Waals surface area contributed by atoms with Crippen molar-refractivity contribution in [1.29, 1.82) is 0 Å². The van der Waals surface area contributed by atoms with Gasteiger partial charge in [-0.2, -0.15) is 0 Å². The summed E-state index contributed by atoms with van der Waals surface area (Å²) < 4.78 is 6.81. The van der Waals surface area contributed by atoms with E-state index in [1.165, 1.54) is 0 Å². The van der Waals surface area contributed by atoms with Gasteiger partial charge in [0.1, 0.15) is 11.4 Å². The van der Waals surface area contributed by atoms with Gasteiger partial charge < -0.3 is 15.8 Å². The number of aliphatic imine (C=N–C) groups is 1. The molecule has 0 aliphatic rings. The Balaban J connectivity index is 0.00000242. The van der Waals surface area contributed by atoms with Crippen molar-refractivity contribution in [3.63, 3.8) is 0 Å². The van der Waals surface area contributed by atoms with E-state index in [-0.39, 0.29) is 30.0 Å². The van der Waals surface area contributed by atoms with Crippen molar-refractivity contribution in [1.82, 2.24) is 20.3 Å². The van der Waals surface area contributed by atoms with Crippen LogP contribution in [0.15, 0.2) is 35.5 Å². The van der Waals surface area contributed by atoms with Crippen LogP contribution < -0.4 is 15.8 Å². The van der Waals surface area contributed by atoms with E-state index in [9.17, 15) is 0 Å². The maximum absolute atomic E-state index is 5.74. The molecule has 0 saturated heterocycles. The standard InChI is InChI=1S/C14H20N6O.HI/c1-10(2)17-14(15)16-8-11-9-20(19-18-11)12-4-6-13(21-3)7-5-12;/h4-7,9-10H,8H2,1-3H3,(H3,15,16,17);1H. The number of nitrogens with one attached hydrogen (secondary N) is 1. The highest BCUT2D eigenvalue weighted by Gasteiger charge is 2.03.